The summed E-state index contributed by atoms with van der Waals surface area (Å²) in [5.41, 5.74) is 2.96. The smallest absolute Gasteiger partial charge is 0.167 e. The summed E-state index contributed by atoms with van der Waals surface area (Å²) < 4.78 is 26.2. The van der Waals surface area contributed by atoms with E-state index in [0.29, 0.717) is 4.90 Å². The predicted octanol–water partition coefficient (Wildman–Crippen LogP) is 4.94. The van der Waals surface area contributed by atoms with Gasteiger partial charge in [0.15, 0.2) is 17.4 Å². The van der Waals surface area contributed by atoms with Gasteiger partial charge in [0.05, 0.1) is 5.75 Å². The van der Waals surface area contributed by atoms with Gasteiger partial charge in [-0.2, -0.15) is 0 Å². The van der Waals surface area contributed by atoms with Crippen LogP contribution in [0.3, 0.4) is 0 Å². The van der Waals surface area contributed by atoms with Crippen molar-refractivity contribution < 1.29 is 13.6 Å². The van der Waals surface area contributed by atoms with E-state index in [1.54, 1.807) is 6.08 Å². The van der Waals surface area contributed by atoms with Crippen LogP contribution in [0.25, 0.3) is 0 Å². The quantitative estimate of drug-likeness (QED) is 0.570. The Kier molecular flexibility index (Phi) is 4.69. The Morgan fingerprint density at radius 1 is 1.16 bits per heavy atom. The third-order valence-electron chi connectivity index (χ3n) is 4.51. The minimum atomic E-state index is -0.900. The van der Waals surface area contributed by atoms with Crippen LogP contribution in [-0.2, 0) is 10.2 Å². The second kappa shape index (κ2) is 6.64. The summed E-state index contributed by atoms with van der Waals surface area (Å²) in [5, 5.41) is 0. The molecule has 25 heavy (non-hydrogen) atoms. The molecule has 0 radical (unpaired) electrons. The summed E-state index contributed by atoms with van der Waals surface area (Å²) >= 11 is 1.20. The second-order valence-corrected chi connectivity index (χ2v) is 7.61. The third kappa shape index (κ3) is 3.33. The van der Waals surface area contributed by atoms with Crippen molar-refractivity contribution in [3.8, 4) is 0 Å². The van der Waals surface area contributed by atoms with Gasteiger partial charge in [-0.25, -0.2) is 8.78 Å². The molecule has 0 bridgehead atoms. The molecule has 0 aliphatic carbocycles. The summed E-state index contributed by atoms with van der Waals surface area (Å²) in [6.45, 7) is 4.19. The van der Waals surface area contributed by atoms with Crippen molar-refractivity contribution in [2.24, 2.45) is 0 Å². The normalized spacial score (nSPS) is 17.0. The zero-order chi connectivity index (χ0) is 18.2. The molecule has 1 heterocycles. The highest BCUT2D eigenvalue weighted by Gasteiger charge is 2.38. The maximum Gasteiger partial charge on any atom is 0.167 e. The van der Waals surface area contributed by atoms with Gasteiger partial charge in [-0.3, -0.25) is 4.79 Å². The predicted molar refractivity (Wildman–Crippen MR) is 98.0 cm³/mol. The van der Waals surface area contributed by atoms with Crippen LogP contribution in [0.5, 0.6) is 0 Å². The van der Waals surface area contributed by atoms with Crippen molar-refractivity contribution in [1.82, 2.24) is 0 Å². The van der Waals surface area contributed by atoms with Gasteiger partial charge >= 0.3 is 0 Å². The van der Waals surface area contributed by atoms with Crippen LogP contribution in [0.4, 0.5) is 14.5 Å². The van der Waals surface area contributed by atoms with E-state index in [-0.39, 0.29) is 17.0 Å². The number of nitrogens with zero attached hydrogens (tertiary/aromatic N) is 1. The highest BCUT2D eigenvalue weighted by Crippen LogP contribution is 2.46. The largest absolute Gasteiger partial charge is 0.347 e. The molecule has 0 fully saturated rings. The lowest BCUT2D eigenvalue weighted by molar-refractivity contribution is -0.112. The number of thioether (sulfide) groups is 1. The molecule has 0 spiro atoms. The number of rotatable bonds is 4. The fourth-order valence-electron chi connectivity index (χ4n) is 3.17. The highest BCUT2D eigenvalue weighted by atomic mass is 32.2. The van der Waals surface area contributed by atoms with E-state index in [4.69, 9.17) is 0 Å². The van der Waals surface area contributed by atoms with Gasteiger partial charge in [-0.1, -0.05) is 32.0 Å². The minimum Gasteiger partial charge on any atom is -0.347 e. The number of hydrogen-bond donors (Lipinski definition) is 0. The number of fused-ring (bicyclic) bond motifs is 1. The molecule has 2 nitrogen and oxygen atoms in total. The fraction of sp³-hybridized carbons (Fsp3) is 0.250. The van der Waals surface area contributed by atoms with E-state index in [1.807, 2.05) is 30.1 Å². The second-order valence-electron chi connectivity index (χ2n) is 6.56. The Morgan fingerprint density at radius 2 is 1.88 bits per heavy atom. The Balaban J connectivity index is 1.76. The van der Waals surface area contributed by atoms with Gasteiger partial charge in [-0.05, 0) is 29.8 Å². The summed E-state index contributed by atoms with van der Waals surface area (Å²) in [6, 6.07) is 11.8. The average molecular weight is 359 g/mol. The molecule has 2 aromatic rings. The first-order valence-corrected chi connectivity index (χ1v) is 8.95. The van der Waals surface area contributed by atoms with Gasteiger partial charge < -0.3 is 4.90 Å². The fourth-order valence-corrected chi connectivity index (χ4v) is 3.92. The zero-order valence-electron chi connectivity index (χ0n) is 14.3. The molecule has 0 saturated heterocycles. The van der Waals surface area contributed by atoms with Crippen molar-refractivity contribution in [3.63, 3.8) is 0 Å². The van der Waals surface area contributed by atoms with E-state index in [1.165, 1.54) is 23.4 Å². The Bertz CT molecular complexity index is 861. The molecule has 5 heteroatoms. The molecule has 1 aliphatic heterocycles. The zero-order valence-corrected chi connectivity index (χ0v) is 15.2. The van der Waals surface area contributed by atoms with Crippen LogP contribution in [0.1, 0.15) is 19.4 Å². The number of carbonyl (C=O) groups is 1. The van der Waals surface area contributed by atoms with Gasteiger partial charge in [0.2, 0.25) is 0 Å². The van der Waals surface area contributed by atoms with E-state index >= 15 is 0 Å². The monoisotopic (exact) mass is 359 g/mol. The van der Waals surface area contributed by atoms with Crippen LogP contribution in [0.2, 0.25) is 0 Å². The van der Waals surface area contributed by atoms with Crippen LogP contribution in [0, 0.1) is 11.6 Å². The Hall–Kier alpha value is -2.14. The summed E-state index contributed by atoms with van der Waals surface area (Å²) in [4.78, 5) is 15.0. The molecule has 0 unspecified atom stereocenters. The number of hydrogen-bond acceptors (Lipinski definition) is 3. The van der Waals surface area contributed by atoms with Crippen molar-refractivity contribution in [2.45, 2.75) is 24.2 Å². The number of likely N-dealkylation sites (N-methyl/N-ethyl adjacent to an activating group) is 1. The first-order chi connectivity index (χ1) is 11.8. The van der Waals surface area contributed by atoms with E-state index < -0.39 is 11.6 Å². The van der Waals surface area contributed by atoms with E-state index in [9.17, 15) is 13.6 Å². The van der Waals surface area contributed by atoms with Gasteiger partial charge in [-0.15, -0.1) is 11.8 Å². The standard InChI is InChI=1S/C20H19F2NOS/c1-20(2)15-6-4-5-7-18(15)23(3)19(20)10-13(24)12-25-14-8-9-16(21)17(22)11-14/h4-11H,12H2,1-3H3. The van der Waals surface area contributed by atoms with Crippen molar-refractivity contribution in [1.29, 1.82) is 0 Å². The average Bonchev–Trinajstić information content (AvgIpc) is 2.77. The Labute approximate surface area is 150 Å². The molecule has 0 atom stereocenters. The summed E-state index contributed by atoms with van der Waals surface area (Å²) in [5.74, 6) is -1.67. The van der Waals surface area contributed by atoms with Crippen molar-refractivity contribution >= 4 is 23.2 Å². The summed E-state index contributed by atoms with van der Waals surface area (Å²) in [7, 11) is 1.95. The minimum absolute atomic E-state index is 0.0579. The van der Waals surface area contributed by atoms with E-state index in [0.717, 1.165) is 23.5 Å². The molecular weight excluding hydrogens is 340 g/mol. The number of ketones is 1. The lowest BCUT2D eigenvalue weighted by atomic mass is 9.83. The maximum atomic E-state index is 13.2. The number of benzene rings is 2. The number of anilines is 1. The first-order valence-electron chi connectivity index (χ1n) is 7.97. The van der Waals surface area contributed by atoms with E-state index in [2.05, 4.69) is 19.9 Å². The molecule has 1 aliphatic rings. The highest BCUT2D eigenvalue weighted by molar-refractivity contribution is 8.00. The molecule has 0 N–H and O–H groups in total. The maximum absolute atomic E-state index is 13.2. The topological polar surface area (TPSA) is 20.3 Å². The molecule has 0 saturated carbocycles. The molecule has 2 aromatic carbocycles. The number of para-hydroxylation sites is 1. The van der Waals surface area contributed by atoms with Crippen LogP contribution in [0.15, 0.2) is 59.1 Å². The van der Waals surface area contributed by atoms with Crippen LogP contribution in [-0.4, -0.2) is 18.6 Å². The van der Waals surface area contributed by atoms with Crippen molar-refractivity contribution in [3.05, 3.63) is 71.4 Å². The van der Waals surface area contributed by atoms with Crippen molar-refractivity contribution in [2.75, 3.05) is 17.7 Å². The van der Waals surface area contributed by atoms with Gasteiger partial charge in [0, 0.05) is 34.8 Å². The molecule has 0 amide bonds. The lowest BCUT2D eigenvalue weighted by Crippen LogP contribution is -2.24. The molecule has 3 rings (SSSR count). The first kappa shape index (κ1) is 17.7. The van der Waals surface area contributed by atoms with Gasteiger partial charge in [0.1, 0.15) is 0 Å². The third-order valence-corrected chi connectivity index (χ3v) is 5.53. The lowest BCUT2D eigenvalue weighted by Gasteiger charge is -2.23. The molecule has 130 valence electrons. The number of halogens is 2. The van der Waals surface area contributed by atoms with Gasteiger partial charge in [0.25, 0.3) is 0 Å². The number of carbonyl (C=O) groups excluding carboxylic acids is 1. The van der Waals surface area contributed by atoms with Crippen LogP contribution < -0.4 is 4.90 Å². The van der Waals surface area contributed by atoms with Crippen LogP contribution >= 0.6 is 11.8 Å². The SMILES string of the molecule is CN1C(=CC(=O)CSc2ccc(F)c(F)c2)C(C)(C)c2ccccc21. The molecular formula is C20H19F2NOS. The summed E-state index contributed by atoms with van der Waals surface area (Å²) in [6.07, 6.45) is 1.66. The Morgan fingerprint density at radius 3 is 2.56 bits per heavy atom. The number of allylic oxidation sites excluding steroid dienone is 2. The molecule has 0 aromatic heterocycles.